The van der Waals surface area contributed by atoms with Crippen LogP contribution in [0.4, 0.5) is 0 Å². The molecule has 2 N–H and O–H groups in total. The van der Waals surface area contributed by atoms with Gasteiger partial charge in [0.1, 0.15) is 0 Å². The van der Waals surface area contributed by atoms with E-state index in [1.807, 2.05) is 0 Å². The molecule has 0 aliphatic carbocycles. The second-order valence-electron chi connectivity index (χ2n) is 7.41. The predicted octanol–water partition coefficient (Wildman–Crippen LogP) is 4.83. The molecule has 0 rings (SSSR count). The SMILES string of the molecule is C=C(N)C(C(C)C(C)C(C)(C)CC)C(C)(C)C. The third-order valence-corrected chi connectivity index (χ3v) is 4.79. The molecule has 0 aromatic carbocycles. The van der Waals surface area contributed by atoms with Crippen LogP contribution in [0.2, 0.25) is 0 Å². The van der Waals surface area contributed by atoms with Crippen LogP contribution in [0.5, 0.6) is 0 Å². The van der Waals surface area contributed by atoms with Crippen LogP contribution in [0.1, 0.15) is 61.8 Å². The van der Waals surface area contributed by atoms with Gasteiger partial charge in [0.2, 0.25) is 0 Å². The molecule has 1 heteroatoms. The largest absolute Gasteiger partial charge is 0.402 e. The third kappa shape index (κ3) is 4.04. The summed E-state index contributed by atoms with van der Waals surface area (Å²) in [6.45, 7) is 22.5. The van der Waals surface area contributed by atoms with E-state index in [2.05, 4.69) is 62.0 Å². The van der Waals surface area contributed by atoms with E-state index in [9.17, 15) is 0 Å². The van der Waals surface area contributed by atoms with E-state index < -0.39 is 0 Å². The van der Waals surface area contributed by atoms with Crippen molar-refractivity contribution in [3.05, 3.63) is 12.3 Å². The molecule has 102 valence electrons. The average Bonchev–Trinajstić information content (AvgIpc) is 2.13. The summed E-state index contributed by atoms with van der Waals surface area (Å²) in [6.07, 6.45) is 1.20. The lowest BCUT2D eigenvalue weighted by molar-refractivity contribution is 0.0819. The van der Waals surface area contributed by atoms with E-state index in [1.54, 1.807) is 0 Å². The standard InChI is InChI=1S/C16H33N/c1-10-16(8,9)12(3)11(2)14(13(4)17)15(5,6)7/h11-12,14H,4,10,17H2,1-3,5-9H3. The Morgan fingerprint density at radius 1 is 1.12 bits per heavy atom. The van der Waals surface area contributed by atoms with Crippen LogP contribution in [0, 0.1) is 28.6 Å². The molecule has 0 saturated carbocycles. The first-order valence-corrected chi connectivity index (χ1v) is 6.89. The summed E-state index contributed by atoms with van der Waals surface area (Å²) in [6, 6.07) is 0. The Morgan fingerprint density at radius 3 is 1.76 bits per heavy atom. The lowest BCUT2D eigenvalue weighted by Gasteiger charge is -2.43. The van der Waals surface area contributed by atoms with Gasteiger partial charge in [-0.25, -0.2) is 0 Å². The van der Waals surface area contributed by atoms with Crippen LogP contribution in [-0.2, 0) is 0 Å². The van der Waals surface area contributed by atoms with Gasteiger partial charge in [-0.05, 0) is 22.7 Å². The molecule has 0 aromatic heterocycles. The molecule has 3 unspecified atom stereocenters. The number of rotatable bonds is 5. The number of hydrogen-bond acceptors (Lipinski definition) is 1. The van der Waals surface area contributed by atoms with E-state index in [1.165, 1.54) is 6.42 Å². The molecule has 3 atom stereocenters. The quantitative estimate of drug-likeness (QED) is 0.730. The highest BCUT2D eigenvalue weighted by Crippen LogP contribution is 2.44. The second-order valence-corrected chi connectivity index (χ2v) is 7.41. The molecule has 0 amide bonds. The highest BCUT2D eigenvalue weighted by molar-refractivity contribution is 5.03. The zero-order valence-corrected chi connectivity index (χ0v) is 13.2. The van der Waals surface area contributed by atoms with Gasteiger partial charge >= 0.3 is 0 Å². The molecule has 0 aromatic rings. The van der Waals surface area contributed by atoms with Gasteiger partial charge in [0.15, 0.2) is 0 Å². The number of hydrogen-bond donors (Lipinski definition) is 1. The van der Waals surface area contributed by atoms with Crippen molar-refractivity contribution in [3.63, 3.8) is 0 Å². The Labute approximate surface area is 109 Å². The maximum Gasteiger partial charge on any atom is 0.00553 e. The van der Waals surface area contributed by atoms with Crippen molar-refractivity contribution in [2.75, 3.05) is 0 Å². The topological polar surface area (TPSA) is 26.0 Å². The molecular formula is C16H33N. The minimum absolute atomic E-state index is 0.184. The highest BCUT2D eigenvalue weighted by Gasteiger charge is 2.38. The zero-order valence-electron chi connectivity index (χ0n) is 13.2. The van der Waals surface area contributed by atoms with Gasteiger partial charge in [-0.2, -0.15) is 0 Å². The molecule has 1 nitrogen and oxygen atoms in total. The molecule has 0 saturated heterocycles. The zero-order chi connectivity index (χ0) is 14.0. The fourth-order valence-corrected chi connectivity index (χ4v) is 3.00. The maximum atomic E-state index is 6.05. The smallest absolute Gasteiger partial charge is 0.00553 e. The predicted molar refractivity (Wildman–Crippen MR) is 78.7 cm³/mol. The molecule has 0 fully saturated rings. The van der Waals surface area contributed by atoms with Crippen molar-refractivity contribution in [2.45, 2.75) is 61.8 Å². The number of nitrogens with two attached hydrogens (primary N) is 1. The van der Waals surface area contributed by atoms with E-state index in [0.717, 1.165) is 5.70 Å². The van der Waals surface area contributed by atoms with E-state index >= 15 is 0 Å². The van der Waals surface area contributed by atoms with E-state index in [0.29, 0.717) is 23.2 Å². The van der Waals surface area contributed by atoms with E-state index in [4.69, 9.17) is 5.73 Å². The van der Waals surface area contributed by atoms with Crippen LogP contribution in [-0.4, -0.2) is 0 Å². The Hall–Kier alpha value is -0.460. The summed E-state index contributed by atoms with van der Waals surface area (Å²) < 4.78 is 0. The molecule has 17 heavy (non-hydrogen) atoms. The van der Waals surface area contributed by atoms with Crippen molar-refractivity contribution in [3.8, 4) is 0 Å². The first kappa shape index (κ1) is 16.5. The fraction of sp³-hybridized carbons (Fsp3) is 0.875. The highest BCUT2D eigenvalue weighted by atomic mass is 14.6. The minimum Gasteiger partial charge on any atom is -0.402 e. The van der Waals surface area contributed by atoms with Gasteiger partial charge in [-0.3, -0.25) is 0 Å². The Bertz CT molecular complexity index is 257. The summed E-state index contributed by atoms with van der Waals surface area (Å²) >= 11 is 0. The molecule has 0 aliphatic rings. The molecular weight excluding hydrogens is 206 g/mol. The Balaban J connectivity index is 5.12. The monoisotopic (exact) mass is 239 g/mol. The lowest BCUT2D eigenvalue weighted by Crippen LogP contribution is -2.38. The summed E-state index contributed by atoms with van der Waals surface area (Å²) in [5.74, 6) is 1.57. The summed E-state index contributed by atoms with van der Waals surface area (Å²) in [5, 5.41) is 0. The molecule has 0 radical (unpaired) electrons. The third-order valence-electron chi connectivity index (χ3n) is 4.79. The van der Waals surface area contributed by atoms with Gasteiger partial charge in [-0.1, -0.05) is 68.4 Å². The van der Waals surface area contributed by atoms with Crippen molar-refractivity contribution < 1.29 is 0 Å². The molecule has 0 bridgehead atoms. The van der Waals surface area contributed by atoms with E-state index in [-0.39, 0.29) is 5.41 Å². The molecule has 0 spiro atoms. The number of allylic oxidation sites excluding steroid dienone is 1. The Kier molecular flexibility index (Phi) is 5.31. The van der Waals surface area contributed by atoms with Crippen molar-refractivity contribution in [2.24, 2.45) is 34.3 Å². The first-order valence-electron chi connectivity index (χ1n) is 6.89. The lowest BCUT2D eigenvalue weighted by atomic mass is 9.62. The average molecular weight is 239 g/mol. The van der Waals surface area contributed by atoms with Crippen LogP contribution < -0.4 is 5.73 Å². The van der Waals surface area contributed by atoms with Crippen molar-refractivity contribution in [1.82, 2.24) is 0 Å². The molecule has 0 heterocycles. The maximum absolute atomic E-state index is 6.05. The Morgan fingerprint density at radius 2 is 1.53 bits per heavy atom. The minimum atomic E-state index is 0.184. The fourth-order valence-electron chi connectivity index (χ4n) is 3.00. The van der Waals surface area contributed by atoms with Crippen LogP contribution in [0.25, 0.3) is 0 Å². The van der Waals surface area contributed by atoms with Crippen LogP contribution >= 0.6 is 0 Å². The van der Waals surface area contributed by atoms with Gasteiger partial charge in [0.05, 0.1) is 0 Å². The van der Waals surface area contributed by atoms with Crippen molar-refractivity contribution in [1.29, 1.82) is 0 Å². The summed E-state index contributed by atoms with van der Waals surface area (Å²) in [4.78, 5) is 0. The molecule has 0 aliphatic heterocycles. The summed E-state index contributed by atoms with van der Waals surface area (Å²) in [5.41, 5.74) is 7.43. The van der Waals surface area contributed by atoms with Gasteiger partial charge in [0, 0.05) is 11.6 Å². The van der Waals surface area contributed by atoms with Gasteiger partial charge < -0.3 is 5.73 Å². The van der Waals surface area contributed by atoms with Crippen molar-refractivity contribution >= 4 is 0 Å². The van der Waals surface area contributed by atoms with Crippen LogP contribution in [0.15, 0.2) is 12.3 Å². The van der Waals surface area contributed by atoms with Gasteiger partial charge in [0.25, 0.3) is 0 Å². The summed E-state index contributed by atoms with van der Waals surface area (Å²) in [7, 11) is 0. The normalized spacial score (nSPS) is 18.6. The first-order chi connectivity index (χ1) is 7.45. The van der Waals surface area contributed by atoms with Crippen LogP contribution in [0.3, 0.4) is 0 Å². The van der Waals surface area contributed by atoms with Gasteiger partial charge in [-0.15, -0.1) is 0 Å². The second kappa shape index (κ2) is 5.46.